The van der Waals surface area contributed by atoms with Crippen molar-refractivity contribution in [1.82, 2.24) is 0 Å². The highest BCUT2D eigenvalue weighted by atomic mass is 19.1. The lowest BCUT2D eigenvalue weighted by Gasteiger charge is -2.11. The van der Waals surface area contributed by atoms with Crippen LogP contribution in [0.4, 0.5) is 8.78 Å². The molecular formula is C19H20F2O3. The topological polar surface area (TPSA) is 35.5 Å². The maximum Gasteiger partial charge on any atom is 0.190 e. The number of benzene rings is 2. The zero-order valence-electron chi connectivity index (χ0n) is 13.6. The summed E-state index contributed by atoms with van der Waals surface area (Å²) in [5.41, 5.74) is 1.07. The molecule has 0 N–H and O–H groups in total. The van der Waals surface area contributed by atoms with Crippen molar-refractivity contribution in [3.8, 4) is 22.6 Å². The van der Waals surface area contributed by atoms with Crippen molar-refractivity contribution in [3.63, 3.8) is 0 Å². The summed E-state index contributed by atoms with van der Waals surface area (Å²) in [6.45, 7) is 2.68. The van der Waals surface area contributed by atoms with Gasteiger partial charge in [-0.15, -0.1) is 0 Å². The van der Waals surface area contributed by atoms with Crippen LogP contribution in [-0.2, 0) is 4.79 Å². The standard InChI is InChI=1S/C19H20F2O3/c1-2-9-23-16-7-5-6-14(11-16)15-12-17(20)19(18(21)13-15)24-10-4-3-8-22/h5-8,11-13H,2-4,9-10H2,1H3. The smallest absolute Gasteiger partial charge is 0.190 e. The number of halogens is 2. The fourth-order valence-electron chi connectivity index (χ4n) is 2.19. The minimum absolute atomic E-state index is 0.0896. The Balaban J connectivity index is 2.18. The van der Waals surface area contributed by atoms with Crippen molar-refractivity contribution < 1.29 is 23.0 Å². The molecule has 0 aliphatic rings. The van der Waals surface area contributed by atoms with Gasteiger partial charge in [0, 0.05) is 6.42 Å². The molecule has 24 heavy (non-hydrogen) atoms. The van der Waals surface area contributed by atoms with Gasteiger partial charge in [-0.05, 0) is 48.2 Å². The largest absolute Gasteiger partial charge is 0.494 e. The number of ether oxygens (including phenoxy) is 2. The molecule has 0 unspecified atom stereocenters. The average molecular weight is 334 g/mol. The van der Waals surface area contributed by atoms with Crippen LogP contribution in [-0.4, -0.2) is 19.5 Å². The van der Waals surface area contributed by atoms with Crippen LogP contribution in [0.25, 0.3) is 11.1 Å². The predicted molar refractivity (Wildman–Crippen MR) is 88.4 cm³/mol. The van der Waals surface area contributed by atoms with Gasteiger partial charge in [0.1, 0.15) is 12.0 Å². The minimum atomic E-state index is -0.768. The molecule has 0 heterocycles. The molecule has 0 bridgehead atoms. The third-order valence-electron chi connectivity index (χ3n) is 3.35. The molecule has 128 valence electrons. The molecule has 0 aliphatic heterocycles. The van der Waals surface area contributed by atoms with Gasteiger partial charge in [-0.25, -0.2) is 8.78 Å². The highest BCUT2D eigenvalue weighted by Gasteiger charge is 2.14. The molecule has 5 heteroatoms. The van der Waals surface area contributed by atoms with Crippen LogP contribution in [0, 0.1) is 11.6 Å². The van der Waals surface area contributed by atoms with Crippen molar-refractivity contribution in [2.24, 2.45) is 0 Å². The Morgan fingerprint density at radius 2 is 1.75 bits per heavy atom. The van der Waals surface area contributed by atoms with Crippen LogP contribution >= 0.6 is 0 Å². The number of rotatable bonds is 9. The van der Waals surface area contributed by atoms with Gasteiger partial charge >= 0.3 is 0 Å². The molecule has 3 nitrogen and oxygen atoms in total. The van der Waals surface area contributed by atoms with Crippen LogP contribution in [0.2, 0.25) is 0 Å². The first kappa shape index (κ1) is 17.9. The zero-order valence-corrected chi connectivity index (χ0v) is 13.6. The summed E-state index contributed by atoms with van der Waals surface area (Å²) in [5, 5.41) is 0. The molecule has 2 aromatic rings. The summed E-state index contributed by atoms with van der Waals surface area (Å²) in [6, 6.07) is 9.55. The van der Waals surface area contributed by atoms with E-state index in [-0.39, 0.29) is 6.61 Å². The molecule has 0 spiro atoms. The van der Waals surface area contributed by atoms with Gasteiger partial charge in [-0.1, -0.05) is 19.1 Å². The quantitative estimate of drug-likeness (QED) is 0.489. The van der Waals surface area contributed by atoms with Gasteiger partial charge < -0.3 is 14.3 Å². The number of hydrogen-bond acceptors (Lipinski definition) is 3. The molecule has 0 amide bonds. The van der Waals surface area contributed by atoms with Crippen molar-refractivity contribution >= 4 is 6.29 Å². The van der Waals surface area contributed by atoms with Crippen LogP contribution < -0.4 is 9.47 Å². The highest BCUT2D eigenvalue weighted by Crippen LogP contribution is 2.30. The second-order valence-corrected chi connectivity index (χ2v) is 5.30. The Labute approximate surface area is 140 Å². The fraction of sp³-hybridized carbons (Fsp3) is 0.316. The molecule has 2 rings (SSSR count). The minimum Gasteiger partial charge on any atom is -0.494 e. The number of unbranched alkanes of at least 4 members (excludes halogenated alkanes) is 1. The van der Waals surface area contributed by atoms with E-state index in [4.69, 9.17) is 9.47 Å². The first-order chi connectivity index (χ1) is 11.7. The third-order valence-corrected chi connectivity index (χ3v) is 3.35. The van der Waals surface area contributed by atoms with Crippen LogP contribution in [0.5, 0.6) is 11.5 Å². The van der Waals surface area contributed by atoms with Gasteiger partial charge in [0.15, 0.2) is 17.4 Å². The van der Waals surface area contributed by atoms with Gasteiger partial charge in [-0.3, -0.25) is 0 Å². The lowest BCUT2D eigenvalue weighted by molar-refractivity contribution is -0.108. The lowest BCUT2D eigenvalue weighted by atomic mass is 10.0. The monoisotopic (exact) mass is 334 g/mol. The SMILES string of the molecule is CCCOc1cccc(-c2cc(F)c(OCCCC=O)c(F)c2)c1. The van der Waals surface area contributed by atoms with Crippen LogP contribution in [0.15, 0.2) is 36.4 Å². The van der Waals surface area contributed by atoms with E-state index in [0.717, 1.165) is 12.7 Å². The first-order valence-corrected chi connectivity index (χ1v) is 7.94. The molecule has 0 fully saturated rings. The summed E-state index contributed by atoms with van der Waals surface area (Å²) >= 11 is 0. The van der Waals surface area contributed by atoms with E-state index < -0.39 is 17.4 Å². The van der Waals surface area contributed by atoms with E-state index in [0.29, 0.717) is 36.3 Å². The molecule has 0 saturated heterocycles. The molecule has 0 aromatic heterocycles. The second-order valence-electron chi connectivity index (χ2n) is 5.30. The number of carbonyl (C=O) groups excluding carboxylic acids is 1. The van der Waals surface area contributed by atoms with Gasteiger partial charge in [0.05, 0.1) is 13.2 Å². The van der Waals surface area contributed by atoms with Crippen molar-refractivity contribution in [2.75, 3.05) is 13.2 Å². The fourth-order valence-corrected chi connectivity index (χ4v) is 2.19. The van der Waals surface area contributed by atoms with E-state index in [9.17, 15) is 13.6 Å². The molecule has 2 aromatic carbocycles. The Morgan fingerprint density at radius 1 is 1.00 bits per heavy atom. The first-order valence-electron chi connectivity index (χ1n) is 7.94. The summed E-state index contributed by atoms with van der Waals surface area (Å²) in [6.07, 6.45) is 2.34. The Bertz CT molecular complexity index is 663. The Morgan fingerprint density at radius 3 is 2.42 bits per heavy atom. The lowest BCUT2D eigenvalue weighted by Crippen LogP contribution is -2.02. The van der Waals surface area contributed by atoms with Gasteiger partial charge in [0.2, 0.25) is 0 Å². The average Bonchev–Trinajstić information content (AvgIpc) is 2.59. The second kappa shape index (κ2) is 9.01. The van der Waals surface area contributed by atoms with Crippen molar-refractivity contribution in [1.29, 1.82) is 0 Å². The normalized spacial score (nSPS) is 10.5. The third kappa shape index (κ3) is 4.78. The van der Waals surface area contributed by atoms with Crippen molar-refractivity contribution in [2.45, 2.75) is 26.2 Å². The van der Waals surface area contributed by atoms with E-state index in [1.54, 1.807) is 24.3 Å². The number of hydrogen-bond donors (Lipinski definition) is 0. The van der Waals surface area contributed by atoms with E-state index in [1.807, 2.05) is 6.92 Å². The van der Waals surface area contributed by atoms with E-state index in [2.05, 4.69) is 0 Å². The van der Waals surface area contributed by atoms with Crippen LogP contribution in [0.3, 0.4) is 0 Å². The van der Waals surface area contributed by atoms with Gasteiger partial charge in [0.25, 0.3) is 0 Å². The summed E-state index contributed by atoms with van der Waals surface area (Å²) < 4.78 is 38.9. The highest BCUT2D eigenvalue weighted by molar-refractivity contribution is 5.66. The van der Waals surface area contributed by atoms with E-state index in [1.165, 1.54) is 12.1 Å². The maximum atomic E-state index is 14.1. The molecule has 0 saturated carbocycles. The maximum absolute atomic E-state index is 14.1. The zero-order chi connectivity index (χ0) is 17.4. The Kier molecular flexibility index (Phi) is 6.73. The van der Waals surface area contributed by atoms with Gasteiger partial charge in [-0.2, -0.15) is 0 Å². The summed E-state index contributed by atoms with van der Waals surface area (Å²) in [4.78, 5) is 10.2. The summed E-state index contributed by atoms with van der Waals surface area (Å²) in [5.74, 6) is -1.29. The Hall–Kier alpha value is -2.43. The predicted octanol–water partition coefficient (Wildman–Crippen LogP) is 4.78. The number of carbonyl (C=O) groups is 1. The molecule has 0 atom stereocenters. The number of aldehydes is 1. The van der Waals surface area contributed by atoms with Crippen molar-refractivity contribution in [3.05, 3.63) is 48.0 Å². The van der Waals surface area contributed by atoms with E-state index >= 15 is 0 Å². The summed E-state index contributed by atoms with van der Waals surface area (Å²) in [7, 11) is 0. The molecule has 0 aliphatic carbocycles. The molecular weight excluding hydrogens is 314 g/mol. The van der Waals surface area contributed by atoms with Crippen LogP contribution in [0.1, 0.15) is 26.2 Å². The molecule has 0 radical (unpaired) electrons.